The van der Waals surface area contributed by atoms with Gasteiger partial charge in [-0.25, -0.2) is 5.01 Å². The van der Waals surface area contributed by atoms with Crippen molar-refractivity contribution in [3.8, 4) is 0 Å². The summed E-state index contributed by atoms with van der Waals surface area (Å²) in [5, 5.41) is 2.29. The van der Waals surface area contributed by atoms with Crippen LogP contribution in [0.1, 0.15) is 52.5 Å². The molecule has 3 amide bonds. The summed E-state index contributed by atoms with van der Waals surface area (Å²) in [6.45, 7) is 3.50. The van der Waals surface area contributed by atoms with E-state index in [1.807, 2.05) is 6.92 Å². The van der Waals surface area contributed by atoms with E-state index in [-0.39, 0.29) is 21.4 Å². The summed E-state index contributed by atoms with van der Waals surface area (Å²) in [7, 11) is 0. The molecule has 2 fully saturated rings. The molecule has 0 bridgehead atoms. The van der Waals surface area contributed by atoms with Crippen LogP contribution in [0.15, 0.2) is 42.5 Å². The number of amides is 3. The molecule has 1 aliphatic heterocycles. The third kappa shape index (κ3) is 4.55. The molecular weight excluding hydrogens is 463 g/mol. The number of hydrazine groups is 1. The van der Waals surface area contributed by atoms with Crippen LogP contribution in [0, 0.1) is 24.7 Å². The van der Waals surface area contributed by atoms with Crippen LogP contribution < -0.4 is 0 Å². The van der Waals surface area contributed by atoms with Crippen LogP contribution in [0.2, 0.25) is 10.0 Å². The summed E-state index contributed by atoms with van der Waals surface area (Å²) in [6.07, 6.45) is 2.02. The van der Waals surface area contributed by atoms with Crippen LogP contribution in [0.4, 0.5) is 0 Å². The number of fused-ring (bicyclic) bond motifs is 1. The zero-order valence-corrected chi connectivity index (χ0v) is 19.9. The van der Waals surface area contributed by atoms with E-state index in [4.69, 9.17) is 23.2 Å². The molecule has 2 aliphatic rings. The maximum Gasteiger partial charge on any atom is 0.273 e. The molecule has 33 heavy (non-hydrogen) atoms. The van der Waals surface area contributed by atoms with Gasteiger partial charge in [0.15, 0.2) is 5.78 Å². The molecule has 1 heterocycles. The third-order valence-corrected chi connectivity index (χ3v) is 7.21. The van der Waals surface area contributed by atoms with Crippen LogP contribution in [-0.4, -0.2) is 40.1 Å². The number of nitrogens with zero attached hydrogens (tertiary/aromatic N) is 2. The number of rotatable bonds is 5. The lowest BCUT2D eigenvalue weighted by atomic mass is 9.76. The molecule has 3 atom stereocenters. The Kier molecular flexibility index (Phi) is 6.59. The van der Waals surface area contributed by atoms with E-state index in [1.165, 1.54) is 18.2 Å². The number of hydrogen-bond donors (Lipinski definition) is 0. The summed E-state index contributed by atoms with van der Waals surface area (Å²) >= 11 is 12.1. The van der Waals surface area contributed by atoms with Crippen LogP contribution in [0.3, 0.4) is 0 Å². The van der Waals surface area contributed by atoms with Gasteiger partial charge in [0, 0.05) is 11.1 Å². The zero-order valence-electron chi connectivity index (χ0n) is 18.4. The van der Waals surface area contributed by atoms with E-state index in [2.05, 4.69) is 6.92 Å². The Hall–Kier alpha value is -2.70. The lowest BCUT2D eigenvalue weighted by Crippen LogP contribution is -2.52. The fraction of sp³-hybridized carbons (Fsp3) is 0.360. The van der Waals surface area contributed by atoms with Gasteiger partial charge in [0.1, 0.15) is 6.54 Å². The topological polar surface area (TPSA) is 74.8 Å². The van der Waals surface area contributed by atoms with Crippen molar-refractivity contribution in [3.63, 3.8) is 0 Å². The number of ketones is 1. The van der Waals surface area contributed by atoms with E-state index < -0.39 is 36.1 Å². The van der Waals surface area contributed by atoms with Crippen LogP contribution >= 0.6 is 23.2 Å². The maximum atomic E-state index is 13.5. The molecule has 172 valence electrons. The highest BCUT2D eigenvalue weighted by atomic mass is 35.5. The smallest absolute Gasteiger partial charge is 0.273 e. The van der Waals surface area contributed by atoms with E-state index in [1.54, 1.807) is 24.3 Å². The van der Waals surface area contributed by atoms with Gasteiger partial charge < -0.3 is 0 Å². The number of Topliss-reactive ketones (excluding diaryl/α,β-unsaturated/α-hetero) is 1. The van der Waals surface area contributed by atoms with Gasteiger partial charge in [0.05, 0.1) is 21.9 Å². The van der Waals surface area contributed by atoms with Crippen molar-refractivity contribution in [2.75, 3.05) is 6.54 Å². The zero-order chi connectivity index (χ0) is 23.9. The van der Waals surface area contributed by atoms with Gasteiger partial charge in [0.25, 0.3) is 17.7 Å². The second-order valence-electron chi connectivity index (χ2n) is 8.90. The minimum Gasteiger partial charge on any atom is -0.292 e. The van der Waals surface area contributed by atoms with Crippen molar-refractivity contribution in [3.05, 3.63) is 69.2 Å². The summed E-state index contributed by atoms with van der Waals surface area (Å²) in [5.41, 5.74) is 1.50. The molecule has 0 spiro atoms. The Balaban J connectivity index is 1.70. The normalized spacial score (nSPS) is 22.3. The molecule has 4 rings (SSSR count). The Morgan fingerprint density at radius 2 is 1.58 bits per heavy atom. The summed E-state index contributed by atoms with van der Waals surface area (Å²) in [6, 6.07) is 11.2. The average molecular weight is 487 g/mol. The molecular formula is C25H24Cl2N2O4. The van der Waals surface area contributed by atoms with Crippen molar-refractivity contribution in [1.29, 1.82) is 0 Å². The van der Waals surface area contributed by atoms with E-state index in [0.717, 1.165) is 22.0 Å². The fourth-order valence-corrected chi connectivity index (χ4v) is 4.89. The SMILES string of the molecule is Cc1ccc(C(=O)CN(C(=O)c2ccc(Cl)c(Cl)c2)N2C(=O)[C@@H]3CC[C@H](C)C[C@H]3C2=O)cc1. The van der Waals surface area contributed by atoms with E-state index in [9.17, 15) is 19.2 Å². The molecule has 2 aromatic carbocycles. The second kappa shape index (κ2) is 9.27. The average Bonchev–Trinajstić information content (AvgIpc) is 3.03. The van der Waals surface area contributed by atoms with Crippen molar-refractivity contribution >= 4 is 46.7 Å². The number of carbonyl (C=O) groups is 4. The largest absolute Gasteiger partial charge is 0.292 e. The third-order valence-electron chi connectivity index (χ3n) is 6.47. The minimum absolute atomic E-state index is 0.130. The number of aryl methyl sites for hydroxylation is 1. The lowest BCUT2D eigenvalue weighted by molar-refractivity contribution is -0.154. The van der Waals surface area contributed by atoms with Gasteiger partial charge in [0.2, 0.25) is 0 Å². The van der Waals surface area contributed by atoms with E-state index in [0.29, 0.717) is 24.3 Å². The first kappa shape index (κ1) is 23.5. The standard InChI is InChI=1S/C25H24Cl2N2O4/c1-14-3-6-16(7-4-14)22(30)13-28(23(31)17-8-10-20(26)21(27)12-17)29-24(32)18-9-5-15(2)11-19(18)25(29)33/h3-4,6-8,10,12,15,18-19H,5,9,11,13H2,1-2H3/t15-,18+,19+/m0/s1. The Morgan fingerprint density at radius 3 is 2.24 bits per heavy atom. The fourth-order valence-electron chi connectivity index (χ4n) is 4.59. The van der Waals surface area contributed by atoms with Gasteiger partial charge in [-0.2, -0.15) is 5.01 Å². The molecule has 1 saturated heterocycles. The highest BCUT2D eigenvalue weighted by Crippen LogP contribution is 2.41. The predicted octanol–water partition coefficient (Wildman–Crippen LogP) is 4.96. The monoisotopic (exact) mass is 486 g/mol. The van der Waals surface area contributed by atoms with Gasteiger partial charge in [-0.05, 0) is 50.3 Å². The molecule has 6 nitrogen and oxygen atoms in total. The first-order valence-electron chi connectivity index (χ1n) is 10.9. The number of hydrogen-bond acceptors (Lipinski definition) is 4. The molecule has 0 aromatic heterocycles. The van der Waals surface area contributed by atoms with Gasteiger partial charge >= 0.3 is 0 Å². The Morgan fingerprint density at radius 1 is 0.939 bits per heavy atom. The summed E-state index contributed by atoms with van der Waals surface area (Å²) in [4.78, 5) is 53.2. The molecule has 1 saturated carbocycles. The van der Waals surface area contributed by atoms with Crippen molar-refractivity contribution < 1.29 is 19.2 Å². The van der Waals surface area contributed by atoms with Gasteiger partial charge in [-0.3, -0.25) is 19.2 Å². The molecule has 0 radical (unpaired) electrons. The number of benzene rings is 2. The predicted molar refractivity (Wildman–Crippen MR) is 125 cm³/mol. The van der Waals surface area contributed by atoms with Crippen LogP contribution in [0.5, 0.6) is 0 Å². The quantitative estimate of drug-likeness (QED) is 0.441. The van der Waals surface area contributed by atoms with Crippen LogP contribution in [-0.2, 0) is 9.59 Å². The Labute approximate surface area is 202 Å². The van der Waals surface area contributed by atoms with Gasteiger partial charge in [-0.1, -0.05) is 60.0 Å². The van der Waals surface area contributed by atoms with Crippen molar-refractivity contribution in [2.24, 2.45) is 17.8 Å². The number of carbonyl (C=O) groups excluding carboxylic acids is 4. The van der Waals surface area contributed by atoms with Gasteiger partial charge in [-0.15, -0.1) is 0 Å². The Bertz CT molecular complexity index is 1130. The number of halogens is 2. The molecule has 8 heteroatoms. The van der Waals surface area contributed by atoms with Crippen molar-refractivity contribution in [1.82, 2.24) is 10.0 Å². The second-order valence-corrected chi connectivity index (χ2v) is 9.71. The first-order valence-corrected chi connectivity index (χ1v) is 11.7. The van der Waals surface area contributed by atoms with Crippen LogP contribution in [0.25, 0.3) is 0 Å². The molecule has 0 unspecified atom stereocenters. The molecule has 1 aliphatic carbocycles. The van der Waals surface area contributed by atoms with E-state index >= 15 is 0 Å². The summed E-state index contributed by atoms with van der Waals surface area (Å²) < 4.78 is 0. The highest BCUT2D eigenvalue weighted by molar-refractivity contribution is 6.42. The summed E-state index contributed by atoms with van der Waals surface area (Å²) in [5.74, 6) is -2.53. The lowest BCUT2D eigenvalue weighted by Gasteiger charge is -2.30. The van der Waals surface area contributed by atoms with Crippen molar-refractivity contribution in [2.45, 2.75) is 33.1 Å². The maximum absolute atomic E-state index is 13.5. The number of imide groups is 1. The first-order chi connectivity index (χ1) is 15.7. The highest BCUT2D eigenvalue weighted by Gasteiger charge is 2.52. The minimum atomic E-state index is -0.664. The molecule has 0 N–H and O–H groups in total. The molecule has 2 aromatic rings.